The van der Waals surface area contributed by atoms with E-state index in [1.54, 1.807) is 11.3 Å². The van der Waals surface area contributed by atoms with Crippen LogP contribution in [0.4, 0.5) is 4.79 Å². The van der Waals surface area contributed by atoms with Gasteiger partial charge in [0.1, 0.15) is 0 Å². The molecule has 106 valence electrons. The summed E-state index contributed by atoms with van der Waals surface area (Å²) in [5.74, 6) is 0.193. The zero-order chi connectivity index (χ0) is 14.5. The molecule has 0 spiro atoms. The maximum atomic E-state index is 11.6. The third-order valence-electron chi connectivity index (χ3n) is 3.46. The van der Waals surface area contributed by atoms with Crippen LogP contribution in [0.2, 0.25) is 0 Å². The van der Waals surface area contributed by atoms with E-state index in [2.05, 4.69) is 0 Å². The molecule has 1 fully saturated rings. The van der Waals surface area contributed by atoms with Crippen molar-refractivity contribution in [1.29, 1.82) is 0 Å². The van der Waals surface area contributed by atoms with Crippen LogP contribution in [0.3, 0.4) is 0 Å². The Morgan fingerprint density at radius 1 is 1.60 bits per heavy atom. The third kappa shape index (κ3) is 1.77. The first-order chi connectivity index (χ1) is 9.41. The van der Waals surface area contributed by atoms with Gasteiger partial charge in [-0.25, -0.2) is 9.69 Å². The number of carbonyl (C=O) groups is 2. The Labute approximate surface area is 119 Å². The van der Waals surface area contributed by atoms with Crippen molar-refractivity contribution in [2.45, 2.75) is 31.9 Å². The maximum Gasteiger partial charge on any atom is 0.512 e. The normalized spacial score (nSPS) is 21.4. The van der Waals surface area contributed by atoms with Gasteiger partial charge >= 0.3 is 6.16 Å². The molecule has 1 unspecified atom stereocenters. The van der Waals surface area contributed by atoms with E-state index in [1.165, 1.54) is 4.90 Å². The number of thiophene rings is 1. The molecule has 3 rings (SSSR count). The number of nitrogens with zero attached hydrogens (tertiary/aromatic N) is 1. The number of allylic oxidation sites excluding steroid dienone is 1. The summed E-state index contributed by atoms with van der Waals surface area (Å²) in [6.45, 7) is 3.82. The highest BCUT2D eigenvalue weighted by atomic mass is 32.1. The van der Waals surface area contributed by atoms with Gasteiger partial charge in [0.25, 0.3) is 5.88 Å². The first-order valence-electron chi connectivity index (χ1n) is 6.09. The predicted molar refractivity (Wildman–Crippen MR) is 69.8 cm³/mol. The minimum absolute atomic E-state index is 0.00264. The van der Waals surface area contributed by atoms with E-state index >= 15 is 0 Å². The van der Waals surface area contributed by atoms with Gasteiger partial charge in [-0.05, 0) is 25.3 Å². The molecular weight excluding hydrogens is 282 g/mol. The highest BCUT2D eigenvalue weighted by molar-refractivity contribution is 7.10. The summed E-state index contributed by atoms with van der Waals surface area (Å²) in [5, 5.41) is 10.8. The molecule has 1 aromatic rings. The van der Waals surface area contributed by atoms with Crippen LogP contribution in [0.25, 0.3) is 0 Å². The monoisotopic (exact) mass is 295 g/mol. The van der Waals surface area contributed by atoms with Gasteiger partial charge in [-0.1, -0.05) is 6.07 Å². The molecule has 0 bridgehead atoms. The van der Waals surface area contributed by atoms with Gasteiger partial charge < -0.3 is 14.6 Å². The number of ether oxygens (including phenoxy) is 2. The lowest BCUT2D eigenvalue weighted by atomic mass is 9.89. The first kappa shape index (κ1) is 13.0. The molecule has 7 heteroatoms. The quantitative estimate of drug-likeness (QED) is 0.685. The van der Waals surface area contributed by atoms with Crippen molar-refractivity contribution in [3.8, 4) is 0 Å². The smallest absolute Gasteiger partial charge is 0.467 e. The lowest BCUT2D eigenvalue weighted by Gasteiger charge is -2.32. The summed E-state index contributed by atoms with van der Waals surface area (Å²) in [7, 11) is 0. The Morgan fingerprint density at radius 2 is 2.35 bits per heavy atom. The van der Waals surface area contributed by atoms with Gasteiger partial charge in [0.2, 0.25) is 5.91 Å². The molecule has 3 heterocycles. The van der Waals surface area contributed by atoms with Gasteiger partial charge in [0, 0.05) is 4.88 Å². The molecule has 1 aromatic heterocycles. The second-order valence-corrected chi connectivity index (χ2v) is 6.09. The number of β-lactam (4-membered cyclic amide) rings is 1. The van der Waals surface area contributed by atoms with Crippen molar-refractivity contribution in [1.82, 2.24) is 4.90 Å². The van der Waals surface area contributed by atoms with E-state index in [4.69, 9.17) is 14.6 Å². The predicted octanol–water partition coefficient (Wildman–Crippen LogP) is 2.48. The zero-order valence-corrected chi connectivity index (χ0v) is 11.8. The summed E-state index contributed by atoms with van der Waals surface area (Å²) in [5.41, 5.74) is -0.559. The number of hydrogen-bond donors (Lipinski definition) is 1. The average molecular weight is 295 g/mol. The third-order valence-corrected chi connectivity index (χ3v) is 4.66. The summed E-state index contributed by atoms with van der Waals surface area (Å²) in [6, 6.07) is 3.85. The van der Waals surface area contributed by atoms with Gasteiger partial charge in [-0.2, -0.15) is 0 Å². The Hall–Kier alpha value is -2.02. The second-order valence-electron chi connectivity index (χ2n) is 5.14. The van der Waals surface area contributed by atoms with Gasteiger partial charge in [-0.15, -0.1) is 11.3 Å². The van der Waals surface area contributed by atoms with Crippen LogP contribution in [0.1, 0.15) is 25.1 Å². The van der Waals surface area contributed by atoms with Gasteiger partial charge in [-0.3, -0.25) is 4.79 Å². The molecule has 1 atom stereocenters. The van der Waals surface area contributed by atoms with Crippen molar-refractivity contribution in [2.75, 3.05) is 0 Å². The largest absolute Gasteiger partial charge is 0.512 e. The average Bonchev–Trinajstić information content (AvgIpc) is 2.93. The van der Waals surface area contributed by atoms with Crippen LogP contribution in [0.5, 0.6) is 0 Å². The summed E-state index contributed by atoms with van der Waals surface area (Å²) < 4.78 is 10.5. The summed E-state index contributed by atoms with van der Waals surface area (Å²) in [4.78, 5) is 24.7. The van der Waals surface area contributed by atoms with Crippen molar-refractivity contribution < 1.29 is 24.2 Å². The van der Waals surface area contributed by atoms with Gasteiger partial charge in [0.15, 0.2) is 12.0 Å². The van der Waals surface area contributed by atoms with E-state index in [1.807, 2.05) is 31.4 Å². The fraction of sp³-hybridized carbons (Fsp3) is 0.385. The molecule has 20 heavy (non-hydrogen) atoms. The molecule has 0 aliphatic carbocycles. The molecule has 1 saturated heterocycles. The highest BCUT2D eigenvalue weighted by Crippen LogP contribution is 2.46. The second kappa shape index (κ2) is 4.24. The molecule has 0 saturated carbocycles. The van der Waals surface area contributed by atoms with Crippen LogP contribution in [-0.4, -0.2) is 28.3 Å². The maximum absolute atomic E-state index is 11.6. The minimum atomic E-state index is -1.46. The summed E-state index contributed by atoms with van der Waals surface area (Å²) in [6.07, 6.45) is -1.65. The Bertz CT molecular complexity index is 604. The number of hydrogen-bond acceptors (Lipinski definition) is 5. The van der Waals surface area contributed by atoms with Crippen molar-refractivity contribution in [2.24, 2.45) is 0 Å². The van der Waals surface area contributed by atoms with E-state index in [0.717, 1.165) is 4.88 Å². The molecular formula is C13H13NO5S. The number of fused-ring (bicyclic) bond motifs is 1. The Morgan fingerprint density at radius 3 is 2.90 bits per heavy atom. The topological polar surface area (TPSA) is 76.1 Å². The van der Waals surface area contributed by atoms with Gasteiger partial charge in [0.05, 0.1) is 11.8 Å². The van der Waals surface area contributed by atoms with Crippen LogP contribution < -0.4 is 0 Å². The fourth-order valence-electron chi connectivity index (χ4n) is 2.36. The van der Waals surface area contributed by atoms with Crippen LogP contribution in [0.15, 0.2) is 29.2 Å². The van der Waals surface area contributed by atoms with E-state index in [9.17, 15) is 9.59 Å². The lowest BCUT2D eigenvalue weighted by Crippen LogP contribution is -2.49. The molecule has 0 aromatic carbocycles. The highest BCUT2D eigenvalue weighted by Gasteiger charge is 2.53. The van der Waals surface area contributed by atoms with Crippen molar-refractivity contribution in [3.63, 3.8) is 0 Å². The SMILES string of the molecule is CC(C)(C1=C(OC(=O)O)N2C(=O)CC2O1)c1cccs1. The Kier molecular flexibility index (Phi) is 2.75. The molecule has 2 aliphatic heterocycles. The number of carbonyl (C=O) groups excluding carboxylic acids is 1. The van der Waals surface area contributed by atoms with Crippen molar-refractivity contribution >= 4 is 23.4 Å². The van der Waals surface area contributed by atoms with Crippen LogP contribution >= 0.6 is 11.3 Å². The molecule has 1 N–H and O–H groups in total. The lowest BCUT2D eigenvalue weighted by molar-refractivity contribution is -0.157. The summed E-state index contributed by atoms with van der Waals surface area (Å²) >= 11 is 1.54. The number of amides is 1. The standard InChI is InChI=1S/C13H13NO5S/c1-13(2,7-4-3-5-20-7)10-11(19-12(16)17)14-8(15)6-9(14)18-10/h3-5,9H,6H2,1-2H3,(H,16,17). The molecule has 0 radical (unpaired) electrons. The zero-order valence-electron chi connectivity index (χ0n) is 11.0. The van der Waals surface area contributed by atoms with Crippen LogP contribution in [0, 0.1) is 0 Å². The number of rotatable bonds is 3. The van der Waals surface area contributed by atoms with E-state index in [-0.39, 0.29) is 18.2 Å². The first-order valence-corrected chi connectivity index (χ1v) is 6.97. The molecule has 6 nitrogen and oxygen atoms in total. The Balaban J connectivity index is 2.04. The molecule has 2 aliphatic rings. The minimum Gasteiger partial charge on any atom is -0.467 e. The van der Waals surface area contributed by atoms with E-state index in [0.29, 0.717) is 5.76 Å². The molecule has 1 amide bonds. The van der Waals surface area contributed by atoms with Crippen molar-refractivity contribution in [3.05, 3.63) is 34.0 Å². The van der Waals surface area contributed by atoms with Crippen LogP contribution in [-0.2, 0) is 19.7 Å². The fourth-order valence-corrected chi connectivity index (χ4v) is 3.21. The number of carboxylic acid groups (broad SMARTS) is 1. The van der Waals surface area contributed by atoms with E-state index < -0.39 is 17.8 Å².